The lowest BCUT2D eigenvalue weighted by Crippen LogP contribution is -2.34. The van der Waals surface area contributed by atoms with E-state index in [2.05, 4.69) is 10.3 Å². The van der Waals surface area contributed by atoms with Gasteiger partial charge in [0.2, 0.25) is 15.9 Å². The molecule has 7 nitrogen and oxygen atoms in total. The molecule has 1 N–H and O–H groups in total. The molecular formula is C22H23N3O4S. The molecule has 2 heterocycles. The van der Waals surface area contributed by atoms with Gasteiger partial charge in [-0.3, -0.25) is 9.10 Å². The third kappa shape index (κ3) is 3.70. The monoisotopic (exact) mass is 425 g/mol. The summed E-state index contributed by atoms with van der Waals surface area (Å²) in [6.45, 7) is 5.60. The molecule has 156 valence electrons. The molecule has 0 aliphatic carbocycles. The van der Waals surface area contributed by atoms with Gasteiger partial charge in [0.25, 0.3) is 5.91 Å². The maximum absolute atomic E-state index is 12.8. The van der Waals surface area contributed by atoms with Crippen molar-refractivity contribution in [3.8, 4) is 11.5 Å². The van der Waals surface area contributed by atoms with E-state index >= 15 is 0 Å². The fourth-order valence-corrected chi connectivity index (χ4v) is 5.04. The Bertz CT molecular complexity index is 1230. The highest BCUT2D eigenvalue weighted by atomic mass is 32.2. The van der Waals surface area contributed by atoms with Crippen LogP contribution in [0, 0.1) is 13.8 Å². The van der Waals surface area contributed by atoms with Crippen LogP contribution >= 0.6 is 0 Å². The lowest BCUT2D eigenvalue weighted by Gasteiger charge is -2.21. The van der Waals surface area contributed by atoms with Gasteiger partial charge >= 0.3 is 0 Å². The van der Waals surface area contributed by atoms with E-state index in [4.69, 9.17) is 4.42 Å². The second kappa shape index (κ2) is 7.28. The average molecular weight is 426 g/mol. The van der Waals surface area contributed by atoms with E-state index in [1.807, 2.05) is 39.0 Å². The van der Waals surface area contributed by atoms with Gasteiger partial charge in [-0.1, -0.05) is 6.07 Å². The molecule has 0 saturated heterocycles. The lowest BCUT2D eigenvalue weighted by molar-refractivity contribution is 0.102. The van der Waals surface area contributed by atoms with Crippen LogP contribution in [0.2, 0.25) is 0 Å². The number of rotatable bonds is 4. The first-order chi connectivity index (χ1) is 14.1. The molecule has 1 atom stereocenters. The van der Waals surface area contributed by atoms with Crippen molar-refractivity contribution in [3.05, 3.63) is 65.0 Å². The molecule has 0 fully saturated rings. The number of hydrogen-bond donors (Lipinski definition) is 1. The molecule has 0 spiro atoms. The molecule has 1 aromatic heterocycles. The van der Waals surface area contributed by atoms with E-state index in [1.165, 1.54) is 10.6 Å². The number of oxazole rings is 1. The second-order valence-electron chi connectivity index (χ2n) is 7.65. The van der Waals surface area contributed by atoms with Gasteiger partial charge in [-0.25, -0.2) is 13.4 Å². The number of sulfonamides is 1. The molecule has 30 heavy (non-hydrogen) atoms. The van der Waals surface area contributed by atoms with Crippen molar-refractivity contribution in [2.24, 2.45) is 0 Å². The fourth-order valence-electron chi connectivity index (χ4n) is 3.78. The molecule has 1 amide bonds. The second-order valence-corrected chi connectivity index (χ2v) is 9.51. The van der Waals surface area contributed by atoms with Crippen LogP contribution in [0.4, 0.5) is 11.4 Å². The lowest BCUT2D eigenvalue weighted by atomic mass is 10.1. The Morgan fingerprint density at radius 1 is 1.20 bits per heavy atom. The van der Waals surface area contributed by atoms with E-state index in [-0.39, 0.29) is 11.9 Å². The quantitative estimate of drug-likeness (QED) is 0.684. The number of nitrogens with zero attached hydrogens (tertiary/aromatic N) is 2. The first-order valence-corrected chi connectivity index (χ1v) is 11.5. The zero-order valence-corrected chi connectivity index (χ0v) is 18.1. The summed E-state index contributed by atoms with van der Waals surface area (Å²) in [7, 11) is -3.36. The zero-order valence-electron chi connectivity index (χ0n) is 17.3. The van der Waals surface area contributed by atoms with Crippen molar-refractivity contribution in [1.82, 2.24) is 4.98 Å². The molecule has 1 aliphatic heterocycles. The number of aromatic nitrogens is 1. The molecule has 0 radical (unpaired) electrons. The van der Waals surface area contributed by atoms with Gasteiger partial charge in [0, 0.05) is 22.9 Å². The summed E-state index contributed by atoms with van der Waals surface area (Å²) >= 11 is 0. The first-order valence-electron chi connectivity index (χ1n) is 9.61. The Hall–Kier alpha value is -3.13. The molecule has 4 rings (SSSR count). The fraction of sp³-hybridized carbons (Fsp3) is 0.273. The van der Waals surface area contributed by atoms with E-state index in [0.29, 0.717) is 29.2 Å². The topological polar surface area (TPSA) is 92.5 Å². The van der Waals surface area contributed by atoms with E-state index in [9.17, 15) is 13.2 Å². The number of fused-ring (bicyclic) bond motifs is 1. The van der Waals surface area contributed by atoms with Crippen molar-refractivity contribution < 1.29 is 17.6 Å². The molecule has 2 aromatic carbocycles. The van der Waals surface area contributed by atoms with Crippen LogP contribution in [-0.2, 0) is 16.4 Å². The number of carbonyl (C=O) groups excluding carboxylic acids is 1. The summed E-state index contributed by atoms with van der Waals surface area (Å²) in [4.78, 5) is 17.2. The predicted octanol–water partition coefficient (Wildman–Crippen LogP) is 3.92. The SMILES string of the molecule is Cc1nc(-c2cccc(NC(=O)c3ccc4c(c3)CC(C)N4S(C)(=O)=O)c2)oc1C. The Morgan fingerprint density at radius 2 is 1.97 bits per heavy atom. The first kappa shape index (κ1) is 20.2. The van der Waals surface area contributed by atoms with Gasteiger partial charge in [-0.2, -0.15) is 0 Å². The molecule has 0 bridgehead atoms. The number of benzene rings is 2. The van der Waals surface area contributed by atoms with Crippen LogP contribution in [0.5, 0.6) is 0 Å². The van der Waals surface area contributed by atoms with Crippen molar-refractivity contribution in [2.75, 3.05) is 15.9 Å². The summed E-state index contributed by atoms with van der Waals surface area (Å²) in [6, 6.07) is 12.2. The van der Waals surface area contributed by atoms with Gasteiger partial charge in [-0.15, -0.1) is 0 Å². The van der Waals surface area contributed by atoms with E-state index in [1.54, 1.807) is 24.3 Å². The number of aryl methyl sites for hydroxylation is 2. The summed E-state index contributed by atoms with van der Waals surface area (Å²) in [6.07, 6.45) is 1.77. The smallest absolute Gasteiger partial charge is 0.255 e. The standard InChI is InChI=1S/C22H23N3O4S/c1-13-10-18-11-16(8-9-20(18)25(13)30(4,27)28)21(26)24-19-7-5-6-17(12-19)22-23-14(2)15(3)29-22/h5-9,11-13H,10H2,1-4H3,(H,24,26). The highest BCUT2D eigenvalue weighted by Gasteiger charge is 2.32. The number of nitrogens with one attached hydrogen (secondary N) is 1. The highest BCUT2D eigenvalue weighted by Crippen LogP contribution is 2.35. The number of anilines is 2. The van der Waals surface area contributed by atoms with Crippen molar-refractivity contribution in [1.29, 1.82) is 0 Å². The minimum absolute atomic E-state index is 0.169. The molecule has 8 heteroatoms. The summed E-state index contributed by atoms with van der Waals surface area (Å²) in [5.41, 5.74) is 4.19. The van der Waals surface area contributed by atoms with Crippen molar-refractivity contribution in [2.45, 2.75) is 33.2 Å². The number of carbonyl (C=O) groups is 1. The highest BCUT2D eigenvalue weighted by molar-refractivity contribution is 7.92. The number of amides is 1. The molecule has 0 saturated carbocycles. The number of hydrogen-bond acceptors (Lipinski definition) is 5. The minimum Gasteiger partial charge on any atom is -0.441 e. The van der Waals surface area contributed by atoms with Crippen LogP contribution in [0.3, 0.4) is 0 Å². The summed E-state index contributed by atoms with van der Waals surface area (Å²) in [5, 5.41) is 2.89. The van der Waals surface area contributed by atoms with Crippen molar-refractivity contribution in [3.63, 3.8) is 0 Å². The third-order valence-electron chi connectivity index (χ3n) is 5.25. The van der Waals surface area contributed by atoms with Crippen LogP contribution < -0.4 is 9.62 Å². The van der Waals surface area contributed by atoms with Crippen LogP contribution in [0.15, 0.2) is 46.9 Å². The normalized spacial score (nSPS) is 15.9. The predicted molar refractivity (Wildman–Crippen MR) is 116 cm³/mol. The Balaban J connectivity index is 1.57. The maximum atomic E-state index is 12.8. The summed E-state index contributed by atoms with van der Waals surface area (Å²) in [5.74, 6) is 1.00. The van der Waals surface area contributed by atoms with Gasteiger partial charge < -0.3 is 9.73 Å². The largest absolute Gasteiger partial charge is 0.441 e. The molecule has 1 aliphatic rings. The maximum Gasteiger partial charge on any atom is 0.255 e. The van der Waals surface area contributed by atoms with E-state index in [0.717, 1.165) is 22.6 Å². The van der Waals surface area contributed by atoms with Gasteiger partial charge in [-0.05, 0) is 69.2 Å². The Kier molecular flexibility index (Phi) is 4.89. The van der Waals surface area contributed by atoms with Gasteiger partial charge in [0.15, 0.2) is 0 Å². The Labute approximate surface area is 175 Å². The third-order valence-corrected chi connectivity index (χ3v) is 6.52. The minimum atomic E-state index is -3.36. The van der Waals surface area contributed by atoms with Crippen molar-refractivity contribution >= 4 is 27.3 Å². The average Bonchev–Trinajstić information content (AvgIpc) is 3.19. The van der Waals surface area contributed by atoms with Crippen LogP contribution in [0.1, 0.15) is 34.3 Å². The molecule has 3 aromatic rings. The van der Waals surface area contributed by atoms with Crippen LogP contribution in [0.25, 0.3) is 11.5 Å². The van der Waals surface area contributed by atoms with Crippen LogP contribution in [-0.4, -0.2) is 31.6 Å². The van der Waals surface area contributed by atoms with Gasteiger partial charge in [0.05, 0.1) is 17.6 Å². The molecular weight excluding hydrogens is 402 g/mol. The van der Waals surface area contributed by atoms with E-state index < -0.39 is 10.0 Å². The zero-order chi connectivity index (χ0) is 21.6. The molecule has 1 unspecified atom stereocenters. The Morgan fingerprint density at radius 3 is 2.63 bits per heavy atom. The van der Waals surface area contributed by atoms with Gasteiger partial charge in [0.1, 0.15) is 5.76 Å². The summed E-state index contributed by atoms with van der Waals surface area (Å²) < 4.78 is 31.2.